The Hall–Kier alpha value is -2.08. The average molecular weight is 334 g/mol. The summed E-state index contributed by atoms with van der Waals surface area (Å²) >= 11 is 0. The number of carbonyl (C=O) groups is 2. The number of ether oxygens (including phenoxy) is 1. The Kier molecular flexibility index (Phi) is 5.83. The van der Waals surface area contributed by atoms with E-state index in [0.717, 1.165) is 5.69 Å². The summed E-state index contributed by atoms with van der Waals surface area (Å²) in [6.45, 7) is 0.190. The summed E-state index contributed by atoms with van der Waals surface area (Å²) in [7, 11) is 5.26. The van der Waals surface area contributed by atoms with Crippen molar-refractivity contribution in [1.29, 1.82) is 0 Å². The first-order chi connectivity index (χ1) is 11.3. The SMILES string of the molecule is COC(=O)C1CCC(O)(CNC(=O)c2ccc(N(C)C)cc2)CC1. The molecule has 1 fully saturated rings. The third kappa shape index (κ3) is 4.47. The molecule has 1 aromatic rings. The number of anilines is 1. The number of esters is 1. The zero-order valence-electron chi connectivity index (χ0n) is 14.5. The van der Waals surface area contributed by atoms with Gasteiger partial charge in [-0.1, -0.05) is 0 Å². The highest BCUT2D eigenvalue weighted by Gasteiger charge is 2.36. The highest BCUT2D eigenvalue weighted by atomic mass is 16.5. The van der Waals surface area contributed by atoms with Crippen LogP contribution >= 0.6 is 0 Å². The summed E-state index contributed by atoms with van der Waals surface area (Å²) in [6, 6.07) is 7.29. The topological polar surface area (TPSA) is 78.9 Å². The summed E-state index contributed by atoms with van der Waals surface area (Å²) in [5, 5.41) is 13.4. The maximum Gasteiger partial charge on any atom is 0.308 e. The normalized spacial score (nSPS) is 23.4. The minimum Gasteiger partial charge on any atom is -0.469 e. The molecule has 1 aliphatic carbocycles. The Balaban J connectivity index is 1.86. The Morgan fingerprint density at radius 2 is 1.83 bits per heavy atom. The van der Waals surface area contributed by atoms with E-state index in [2.05, 4.69) is 5.32 Å². The maximum absolute atomic E-state index is 12.2. The molecule has 1 aliphatic rings. The number of hydrogen-bond donors (Lipinski definition) is 2. The van der Waals surface area contributed by atoms with Crippen LogP contribution in [0.3, 0.4) is 0 Å². The summed E-state index contributed by atoms with van der Waals surface area (Å²) in [5.41, 5.74) is 0.628. The van der Waals surface area contributed by atoms with Crippen LogP contribution in [0, 0.1) is 5.92 Å². The molecule has 2 rings (SSSR count). The predicted molar refractivity (Wildman–Crippen MR) is 92.0 cm³/mol. The van der Waals surface area contributed by atoms with Crippen molar-refractivity contribution < 1.29 is 19.4 Å². The third-order valence-electron chi connectivity index (χ3n) is 4.67. The molecule has 6 nitrogen and oxygen atoms in total. The molecule has 0 saturated heterocycles. The van der Waals surface area contributed by atoms with E-state index in [0.29, 0.717) is 31.2 Å². The number of amides is 1. The molecule has 1 aromatic carbocycles. The molecule has 6 heteroatoms. The van der Waals surface area contributed by atoms with E-state index >= 15 is 0 Å². The van der Waals surface area contributed by atoms with E-state index < -0.39 is 5.60 Å². The number of benzene rings is 1. The van der Waals surface area contributed by atoms with E-state index in [9.17, 15) is 14.7 Å². The second-order valence-corrected chi connectivity index (χ2v) is 6.65. The number of hydrogen-bond acceptors (Lipinski definition) is 5. The van der Waals surface area contributed by atoms with Gasteiger partial charge in [0.05, 0.1) is 18.6 Å². The molecule has 1 amide bonds. The highest BCUT2D eigenvalue weighted by Crippen LogP contribution is 2.32. The molecule has 0 aromatic heterocycles. The van der Waals surface area contributed by atoms with Crippen molar-refractivity contribution in [2.75, 3.05) is 32.6 Å². The van der Waals surface area contributed by atoms with Crippen LogP contribution in [0.15, 0.2) is 24.3 Å². The van der Waals surface area contributed by atoms with E-state index in [-0.39, 0.29) is 24.3 Å². The van der Waals surface area contributed by atoms with Crippen molar-refractivity contribution in [2.45, 2.75) is 31.3 Å². The molecular formula is C18H26N2O4. The number of nitrogens with one attached hydrogen (secondary N) is 1. The maximum atomic E-state index is 12.2. The molecule has 2 N–H and O–H groups in total. The van der Waals surface area contributed by atoms with Gasteiger partial charge in [-0.3, -0.25) is 9.59 Å². The molecular weight excluding hydrogens is 308 g/mol. The fourth-order valence-electron chi connectivity index (χ4n) is 2.99. The molecule has 132 valence electrons. The first kappa shape index (κ1) is 18.3. The standard InChI is InChI=1S/C18H26N2O4/c1-20(2)15-6-4-13(5-7-15)16(21)19-12-18(23)10-8-14(9-11-18)17(22)24-3/h4-7,14,23H,8-12H2,1-3H3,(H,19,21). The molecule has 0 spiro atoms. The third-order valence-corrected chi connectivity index (χ3v) is 4.67. The van der Waals surface area contributed by atoms with Crippen LogP contribution in [-0.2, 0) is 9.53 Å². The number of methoxy groups -OCH3 is 1. The van der Waals surface area contributed by atoms with Gasteiger partial charge in [0.1, 0.15) is 0 Å². The molecule has 1 saturated carbocycles. The van der Waals surface area contributed by atoms with Crippen LogP contribution in [-0.4, -0.2) is 50.3 Å². The van der Waals surface area contributed by atoms with Crippen LogP contribution in [0.5, 0.6) is 0 Å². The van der Waals surface area contributed by atoms with Crippen LogP contribution < -0.4 is 10.2 Å². The Morgan fingerprint density at radius 1 is 1.25 bits per heavy atom. The number of nitrogens with zero attached hydrogens (tertiary/aromatic N) is 1. The quantitative estimate of drug-likeness (QED) is 0.799. The lowest BCUT2D eigenvalue weighted by Gasteiger charge is -2.35. The van der Waals surface area contributed by atoms with E-state index in [1.807, 2.05) is 31.1 Å². The highest BCUT2D eigenvalue weighted by molar-refractivity contribution is 5.94. The zero-order chi connectivity index (χ0) is 17.7. The van der Waals surface area contributed by atoms with Gasteiger partial charge >= 0.3 is 5.97 Å². The lowest BCUT2D eigenvalue weighted by molar-refractivity contribution is -0.148. The lowest BCUT2D eigenvalue weighted by Crippen LogP contribution is -2.46. The second-order valence-electron chi connectivity index (χ2n) is 6.65. The molecule has 0 atom stereocenters. The molecule has 0 radical (unpaired) electrons. The van der Waals surface area contributed by atoms with Crippen molar-refractivity contribution >= 4 is 17.6 Å². The van der Waals surface area contributed by atoms with Crippen LogP contribution in [0.2, 0.25) is 0 Å². The summed E-state index contributed by atoms with van der Waals surface area (Å²) in [6.07, 6.45) is 2.12. The van der Waals surface area contributed by atoms with Crippen LogP contribution in [0.25, 0.3) is 0 Å². The van der Waals surface area contributed by atoms with Gasteiger partial charge in [-0.15, -0.1) is 0 Å². The van der Waals surface area contributed by atoms with Crippen molar-refractivity contribution in [3.05, 3.63) is 29.8 Å². The average Bonchev–Trinajstić information content (AvgIpc) is 2.60. The molecule has 0 aliphatic heterocycles. The van der Waals surface area contributed by atoms with Gasteiger partial charge in [-0.2, -0.15) is 0 Å². The van der Waals surface area contributed by atoms with E-state index in [4.69, 9.17) is 4.74 Å². The van der Waals surface area contributed by atoms with E-state index in [1.165, 1.54) is 7.11 Å². The molecule has 0 bridgehead atoms. The summed E-state index contributed by atoms with van der Waals surface area (Å²) < 4.78 is 4.75. The van der Waals surface area contributed by atoms with Crippen molar-refractivity contribution in [3.63, 3.8) is 0 Å². The Labute approximate surface area is 142 Å². The number of aliphatic hydroxyl groups is 1. The van der Waals surface area contributed by atoms with Crippen LogP contribution in [0.1, 0.15) is 36.0 Å². The molecule has 0 heterocycles. The van der Waals surface area contributed by atoms with Gasteiger partial charge in [0.15, 0.2) is 0 Å². The van der Waals surface area contributed by atoms with Gasteiger partial charge in [0.25, 0.3) is 5.91 Å². The Bertz CT molecular complexity index is 575. The molecule has 0 unspecified atom stereocenters. The van der Waals surface area contributed by atoms with Gasteiger partial charge in [0.2, 0.25) is 0 Å². The molecule has 24 heavy (non-hydrogen) atoms. The lowest BCUT2D eigenvalue weighted by atomic mass is 9.78. The van der Waals surface area contributed by atoms with Crippen molar-refractivity contribution in [3.8, 4) is 0 Å². The summed E-state index contributed by atoms with van der Waals surface area (Å²) in [4.78, 5) is 25.7. The fraction of sp³-hybridized carbons (Fsp3) is 0.556. The van der Waals surface area contributed by atoms with Crippen molar-refractivity contribution in [1.82, 2.24) is 5.32 Å². The second kappa shape index (κ2) is 7.66. The monoisotopic (exact) mass is 334 g/mol. The minimum absolute atomic E-state index is 0.149. The van der Waals surface area contributed by atoms with Gasteiger partial charge in [0, 0.05) is 31.9 Å². The largest absolute Gasteiger partial charge is 0.469 e. The van der Waals surface area contributed by atoms with Gasteiger partial charge < -0.3 is 20.1 Å². The van der Waals surface area contributed by atoms with E-state index in [1.54, 1.807) is 12.1 Å². The number of carbonyl (C=O) groups excluding carboxylic acids is 2. The van der Waals surface area contributed by atoms with Crippen molar-refractivity contribution in [2.24, 2.45) is 5.92 Å². The van der Waals surface area contributed by atoms with Gasteiger partial charge in [-0.25, -0.2) is 0 Å². The predicted octanol–water partition coefficient (Wildman–Crippen LogP) is 1.58. The Morgan fingerprint density at radius 3 is 2.33 bits per heavy atom. The fourth-order valence-corrected chi connectivity index (χ4v) is 2.99. The first-order valence-corrected chi connectivity index (χ1v) is 8.20. The zero-order valence-corrected chi connectivity index (χ0v) is 14.5. The van der Waals surface area contributed by atoms with Crippen LogP contribution in [0.4, 0.5) is 5.69 Å². The number of rotatable bonds is 5. The smallest absolute Gasteiger partial charge is 0.308 e. The minimum atomic E-state index is -0.955. The van der Waals surface area contributed by atoms with Gasteiger partial charge in [-0.05, 0) is 49.9 Å². The summed E-state index contributed by atoms with van der Waals surface area (Å²) in [5.74, 6) is -0.574. The first-order valence-electron chi connectivity index (χ1n) is 8.20.